The molecule has 0 amide bonds. The van der Waals surface area contributed by atoms with Crippen LogP contribution in [0.15, 0.2) is 48.5 Å². The topological polar surface area (TPSA) is 42.7 Å². The highest BCUT2D eigenvalue weighted by molar-refractivity contribution is 5.75. The molecule has 1 aromatic heterocycles. The highest BCUT2D eigenvalue weighted by atomic mass is 15.4. The number of rotatable bonds is 4. The second kappa shape index (κ2) is 4.72. The molecular formula is C16H16N4. The monoisotopic (exact) mass is 264 g/mol. The summed E-state index contributed by atoms with van der Waals surface area (Å²) >= 11 is 0. The van der Waals surface area contributed by atoms with Gasteiger partial charge in [0.1, 0.15) is 5.52 Å². The van der Waals surface area contributed by atoms with Crippen molar-refractivity contribution in [1.29, 1.82) is 0 Å². The Morgan fingerprint density at radius 3 is 2.65 bits per heavy atom. The molecule has 4 heteroatoms. The van der Waals surface area contributed by atoms with E-state index in [2.05, 4.69) is 39.9 Å². The molecule has 4 rings (SSSR count). The first kappa shape index (κ1) is 11.6. The Bertz CT molecular complexity index is 726. The molecule has 1 aliphatic carbocycles. The van der Waals surface area contributed by atoms with Gasteiger partial charge in [0.2, 0.25) is 0 Å². The zero-order chi connectivity index (χ0) is 13.4. The fourth-order valence-electron chi connectivity index (χ4n) is 2.36. The molecule has 0 saturated heterocycles. The Morgan fingerprint density at radius 2 is 1.85 bits per heavy atom. The largest absolute Gasteiger partial charge is 0.310 e. The van der Waals surface area contributed by atoms with E-state index in [-0.39, 0.29) is 0 Å². The lowest BCUT2D eigenvalue weighted by Gasteiger charge is -2.05. The molecule has 1 fully saturated rings. The summed E-state index contributed by atoms with van der Waals surface area (Å²) in [5.41, 5.74) is 4.32. The van der Waals surface area contributed by atoms with Gasteiger partial charge in [-0.05, 0) is 42.7 Å². The van der Waals surface area contributed by atoms with Gasteiger partial charge in [-0.25, -0.2) is 4.68 Å². The highest BCUT2D eigenvalue weighted by Crippen LogP contribution is 2.20. The maximum absolute atomic E-state index is 4.23. The van der Waals surface area contributed by atoms with Crippen molar-refractivity contribution in [3.05, 3.63) is 54.1 Å². The molecule has 2 aromatic carbocycles. The van der Waals surface area contributed by atoms with E-state index < -0.39 is 0 Å². The molecular weight excluding hydrogens is 248 g/mol. The summed E-state index contributed by atoms with van der Waals surface area (Å²) in [4.78, 5) is 0. The molecule has 1 N–H and O–H groups in total. The van der Waals surface area contributed by atoms with Crippen molar-refractivity contribution in [2.24, 2.45) is 0 Å². The van der Waals surface area contributed by atoms with Gasteiger partial charge in [0, 0.05) is 12.6 Å². The second-order valence-corrected chi connectivity index (χ2v) is 5.31. The van der Waals surface area contributed by atoms with Crippen molar-refractivity contribution < 1.29 is 0 Å². The molecule has 0 spiro atoms. The van der Waals surface area contributed by atoms with Gasteiger partial charge in [0.15, 0.2) is 0 Å². The Labute approximate surface area is 117 Å². The van der Waals surface area contributed by atoms with Gasteiger partial charge in [-0.1, -0.05) is 29.5 Å². The molecule has 100 valence electrons. The highest BCUT2D eigenvalue weighted by Gasteiger charge is 2.19. The third-order valence-corrected chi connectivity index (χ3v) is 3.70. The van der Waals surface area contributed by atoms with Crippen molar-refractivity contribution >= 4 is 11.0 Å². The minimum Gasteiger partial charge on any atom is -0.310 e. The van der Waals surface area contributed by atoms with Crippen LogP contribution in [0.5, 0.6) is 0 Å². The van der Waals surface area contributed by atoms with E-state index in [1.165, 1.54) is 18.4 Å². The Morgan fingerprint density at radius 1 is 1.05 bits per heavy atom. The van der Waals surface area contributed by atoms with Gasteiger partial charge < -0.3 is 5.32 Å². The van der Waals surface area contributed by atoms with E-state index in [9.17, 15) is 0 Å². The fourth-order valence-corrected chi connectivity index (χ4v) is 2.36. The van der Waals surface area contributed by atoms with Gasteiger partial charge in [-0.3, -0.25) is 0 Å². The minimum atomic E-state index is 0.744. The third-order valence-electron chi connectivity index (χ3n) is 3.70. The normalized spacial score (nSPS) is 14.8. The molecule has 0 atom stereocenters. The van der Waals surface area contributed by atoms with Crippen LogP contribution in [0.3, 0.4) is 0 Å². The average Bonchev–Trinajstić information content (AvgIpc) is 3.23. The third kappa shape index (κ3) is 2.18. The molecule has 0 unspecified atom stereocenters. The minimum absolute atomic E-state index is 0.744. The number of hydrogen-bond donors (Lipinski definition) is 1. The van der Waals surface area contributed by atoms with Crippen LogP contribution in [-0.4, -0.2) is 21.0 Å². The van der Waals surface area contributed by atoms with E-state index in [1.54, 1.807) is 0 Å². The lowest BCUT2D eigenvalue weighted by Crippen LogP contribution is -2.15. The predicted molar refractivity (Wildman–Crippen MR) is 78.7 cm³/mol. The Hall–Kier alpha value is -2.20. The summed E-state index contributed by atoms with van der Waals surface area (Å²) < 4.78 is 1.88. The van der Waals surface area contributed by atoms with E-state index in [1.807, 2.05) is 28.9 Å². The first-order valence-electron chi connectivity index (χ1n) is 7.03. The van der Waals surface area contributed by atoms with Gasteiger partial charge >= 0.3 is 0 Å². The van der Waals surface area contributed by atoms with Crippen molar-refractivity contribution in [3.8, 4) is 5.69 Å². The van der Waals surface area contributed by atoms with Crippen LogP contribution >= 0.6 is 0 Å². The molecule has 1 heterocycles. The van der Waals surface area contributed by atoms with Gasteiger partial charge in [0.25, 0.3) is 0 Å². The lowest BCUT2D eigenvalue weighted by molar-refractivity contribution is 0.687. The van der Waals surface area contributed by atoms with E-state index >= 15 is 0 Å². The number of aromatic nitrogens is 3. The van der Waals surface area contributed by atoms with Crippen LogP contribution < -0.4 is 5.32 Å². The number of hydrogen-bond acceptors (Lipinski definition) is 3. The first-order chi connectivity index (χ1) is 9.90. The van der Waals surface area contributed by atoms with Crippen LogP contribution in [0.1, 0.15) is 18.4 Å². The number of fused-ring (bicyclic) bond motifs is 1. The maximum Gasteiger partial charge on any atom is 0.113 e. The Balaban J connectivity index is 1.61. The smallest absolute Gasteiger partial charge is 0.113 e. The van der Waals surface area contributed by atoms with Crippen molar-refractivity contribution in [1.82, 2.24) is 20.3 Å². The molecule has 3 aromatic rings. The molecule has 0 bridgehead atoms. The van der Waals surface area contributed by atoms with E-state index in [4.69, 9.17) is 0 Å². The molecule has 20 heavy (non-hydrogen) atoms. The van der Waals surface area contributed by atoms with Crippen LogP contribution in [-0.2, 0) is 6.54 Å². The molecule has 1 aliphatic rings. The lowest BCUT2D eigenvalue weighted by atomic mass is 10.2. The zero-order valence-corrected chi connectivity index (χ0v) is 11.2. The van der Waals surface area contributed by atoms with Crippen LogP contribution in [0.2, 0.25) is 0 Å². The number of para-hydroxylation sites is 1. The van der Waals surface area contributed by atoms with Crippen LogP contribution in [0.4, 0.5) is 0 Å². The van der Waals surface area contributed by atoms with Crippen molar-refractivity contribution in [2.75, 3.05) is 0 Å². The summed E-state index contributed by atoms with van der Waals surface area (Å²) in [7, 11) is 0. The van der Waals surface area contributed by atoms with Crippen LogP contribution in [0, 0.1) is 0 Å². The van der Waals surface area contributed by atoms with Crippen LogP contribution in [0.25, 0.3) is 16.7 Å². The second-order valence-electron chi connectivity index (χ2n) is 5.31. The van der Waals surface area contributed by atoms with Gasteiger partial charge in [-0.15, -0.1) is 5.10 Å². The van der Waals surface area contributed by atoms with E-state index in [0.717, 1.165) is 29.3 Å². The first-order valence-corrected chi connectivity index (χ1v) is 7.03. The standard InChI is InChI=1S/C16H16N4/c1-2-4-16-15(3-1)18-19-20(16)14-9-5-12(6-10-14)11-17-13-7-8-13/h1-6,9-10,13,17H,7-8,11H2. The van der Waals surface area contributed by atoms with Crippen molar-refractivity contribution in [3.63, 3.8) is 0 Å². The number of nitrogens with one attached hydrogen (secondary N) is 1. The summed E-state index contributed by atoms with van der Waals surface area (Å²) in [5, 5.41) is 11.9. The van der Waals surface area contributed by atoms with Crippen molar-refractivity contribution in [2.45, 2.75) is 25.4 Å². The molecule has 1 saturated carbocycles. The maximum atomic E-state index is 4.23. The zero-order valence-electron chi connectivity index (χ0n) is 11.2. The molecule has 4 nitrogen and oxygen atoms in total. The van der Waals surface area contributed by atoms with Gasteiger partial charge in [-0.2, -0.15) is 0 Å². The fraction of sp³-hybridized carbons (Fsp3) is 0.250. The molecule has 0 aliphatic heterocycles. The van der Waals surface area contributed by atoms with E-state index in [0.29, 0.717) is 0 Å². The average molecular weight is 264 g/mol. The summed E-state index contributed by atoms with van der Waals surface area (Å²) in [5.74, 6) is 0. The number of benzene rings is 2. The van der Waals surface area contributed by atoms with Gasteiger partial charge in [0.05, 0.1) is 11.2 Å². The molecule has 0 radical (unpaired) electrons. The Kier molecular flexibility index (Phi) is 2.74. The summed E-state index contributed by atoms with van der Waals surface area (Å²) in [6.07, 6.45) is 2.64. The predicted octanol–water partition coefficient (Wildman–Crippen LogP) is 2.67. The number of nitrogens with zero attached hydrogens (tertiary/aromatic N) is 3. The summed E-state index contributed by atoms with van der Waals surface area (Å²) in [6.45, 7) is 0.947. The summed E-state index contributed by atoms with van der Waals surface area (Å²) in [6, 6.07) is 17.3. The SMILES string of the molecule is c1ccc2c(c1)nnn2-c1ccc(CNC2CC2)cc1. The quantitative estimate of drug-likeness (QED) is 0.788.